The van der Waals surface area contributed by atoms with E-state index in [-0.39, 0.29) is 15.7 Å². The highest BCUT2D eigenvalue weighted by atomic mass is 35.5. The van der Waals surface area contributed by atoms with Crippen LogP contribution in [0.4, 0.5) is 15.9 Å². The van der Waals surface area contributed by atoms with E-state index in [1.165, 1.54) is 44.4 Å². The van der Waals surface area contributed by atoms with Gasteiger partial charge in [0.15, 0.2) is 17.3 Å². The zero-order chi connectivity index (χ0) is 23.1. The Morgan fingerprint density at radius 1 is 1.12 bits per heavy atom. The van der Waals surface area contributed by atoms with Gasteiger partial charge in [-0.05, 0) is 55.8 Å². The lowest BCUT2D eigenvalue weighted by Gasteiger charge is -2.17. The van der Waals surface area contributed by atoms with Crippen molar-refractivity contribution in [3.63, 3.8) is 0 Å². The highest BCUT2D eigenvalue weighted by Crippen LogP contribution is 2.42. The van der Waals surface area contributed by atoms with E-state index in [9.17, 15) is 4.39 Å². The van der Waals surface area contributed by atoms with Crippen LogP contribution in [0.2, 0.25) is 10.0 Å². The van der Waals surface area contributed by atoms with Crippen molar-refractivity contribution in [2.45, 2.75) is 12.8 Å². The molecule has 1 aromatic heterocycles. The normalized spacial score (nSPS) is 22.5. The summed E-state index contributed by atoms with van der Waals surface area (Å²) in [4.78, 5) is 11.1. The van der Waals surface area contributed by atoms with Gasteiger partial charge in [-0.3, -0.25) is 0 Å². The minimum Gasteiger partial charge on any atom is -0.493 e. The zero-order valence-electron chi connectivity index (χ0n) is 18.4. The number of likely N-dealkylation sites (tertiary alicyclic amines) is 1. The van der Waals surface area contributed by atoms with Crippen LogP contribution in [0, 0.1) is 23.6 Å². The summed E-state index contributed by atoms with van der Waals surface area (Å²) in [5.41, 5.74) is 0.829. The standard InChI is InChI=1S/C24H25Cl2FN4O2/c1-31-9-14-5-13(6-15(14)10-31)11-33-21-8-19-16(7-20(21)32-2)24(29-12-28-19)30-18-4-3-17(25)22(26)23(18)27/h3-4,7-8,12-15H,5-6,9-11H2,1-2H3,(H,28,29,30)/t13-,14-,15?/m1/s1. The smallest absolute Gasteiger partial charge is 0.166 e. The van der Waals surface area contributed by atoms with Gasteiger partial charge in [0.2, 0.25) is 0 Å². The first kappa shape index (κ1) is 22.4. The zero-order valence-corrected chi connectivity index (χ0v) is 20.0. The second kappa shape index (κ2) is 9.12. The summed E-state index contributed by atoms with van der Waals surface area (Å²) in [6, 6.07) is 6.69. The van der Waals surface area contributed by atoms with E-state index in [4.69, 9.17) is 32.7 Å². The Hall–Kier alpha value is -2.35. The number of hydrogen-bond donors (Lipinski definition) is 1. The fourth-order valence-corrected chi connectivity index (χ4v) is 5.50. The molecule has 5 rings (SSSR count). The van der Waals surface area contributed by atoms with Crippen molar-refractivity contribution in [2.75, 3.05) is 39.2 Å². The van der Waals surface area contributed by atoms with Gasteiger partial charge >= 0.3 is 0 Å². The minimum absolute atomic E-state index is 0.143. The number of nitrogens with one attached hydrogen (secondary N) is 1. The summed E-state index contributed by atoms with van der Waals surface area (Å²) < 4.78 is 26.3. The number of anilines is 2. The maximum absolute atomic E-state index is 14.5. The van der Waals surface area contributed by atoms with Crippen LogP contribution in [0.3, 0.4) is 0 Å². The minimum atomic E-state index is -0.643. The fourth-order valence-electron chi connectivity index (χ4n) is 5.19. The van der Waals surface area contributed by atoms with Crippen molar-refractivity contribution in [1.82, 2.24) is 14.9 Å². The van der Waals surface area contributed by atoms with Crippen LogP contribution in [-0.4, -0.2) is 48.7 Å². The van der Waals surface area contributed by atoms with Crippen LogP contribution in [0.15, 0.2) is 30.6 Å². The van der Waals surface area contributed by atoms with Gasteiger partial charge < -0.3 is 19.7 Å². The molecule has 33 heavy (non-hydrogen) atoms. The summed E-state index contributed by atoms with van der Waals surface area (Å²) in [5.74, 6) is 3.12. The number of benzene rings is 2. The number of rotatable bonds is 6. The summed E-state index contributed by atoms with van der Waals surface area (Å²) >= 11 is 11.8. The van der Waals surface area contributed by atoms with Crippen molar-refractivity contribution in [3.05, 3.63) is 46.5 Å². The molecule has 1 saturated carbocycles. The number of nitrogens with zero attached hydrogens (tertiary/aromatic N) is 3. The lowest BCUT2D eigenvalue weighted by atomic mass is 10.0. The molecular weight excluding hydrogens is 466 g/mol. The van der Waals surface area contributed by atoms with E-state index in [0.717, 1.165) is 11.8 Å². The van der Waals surface area contributed by atoms with Crippen molar-refractivity contribution >= 4 is 45.6 Å². The topological polar surface area (TPSA) is 59.5 Å². The molecule has 1 aliphatic heterocycles. The lowest BCUT2D eigenvalue weighted by Crippen LogP contribution is -2.18. The summed E-state index contributed by atoms with van der Waals surface area (Å²) in [6.45, 7) is 3.03. The van der Waals surface area contributed by atoms with Gasteiger partial charge in [-0.2, -0.15) is 0 Å². The molecule has 2 aromatic carbocycles. The first-order chi connectivity index (χ1) is 15.9. The number of halogens is 3. The first-order valence-corrected chi connectivity index (χ1v) is 11.7. The van der Waals surface area contributed by atoms with Gasteiger partial charge in [-0.25, -0.2) is 14.4 Å². The predicted octanol–water partition coefficient (Wildman–Crippen LogP) is 5.79. The average molecular weight is 491 g/mol. The van der Waals surface area contributed by atoms with Crippen LogP contribution < -0.4 is 14.8 Å². The van der Waals surface area contributed by atoms with Crippen molar-refractivity contribution in [3.8, 4) is 11.5 Å². The molecule has 0 radical (unpaired) electrons. The highest BCUT2D eigenvalue weighted by Gasteiger charge is 2.39. The molecule has 0 spiro atoms. The quantitative estimate of drug-likeness (QED) is 0.441. The average Bonchev–Trinajstić information content (AvgIpc) is 3.34. The largest absolute Gasteiger partial charge is 0.493 e. The Morgan fingerprint density at radius 3 is 2.61 bits per heavy atom. The monoisotopic (exact) mass is 490 g/mol. The number of hydrogen-bond acceptors (Lipinski definition) is 6. The molecular formula is C24H25Cl2FN4O2. The van der Waals surface area contributed by atoms with E-state index < -0.39 is 5.82 Å². The lowest BCUT2D eigenvalue weighted by molar-refractivity contribution is 0.227. The summed E-state index contributed by atoms with van der Waals surface area (Å²) in [6.07, 6.45) is 3.83. The van der Waals surface area contributed by atoms with E-state index in [1.54, 1.807) is 13.2 Å². The molecule has 9 heteroatoms. The molecule has 1 N–H and O–H groups in total. The summed E-state index contributed by atoms with van der Waals surface area (Å²) in [7, 11) is 3.80. The SMILES string of the molecule is COc1cc2c(Nc3ccc(Cl)c(Cl)c3F)ncnc2cc1OC[C@H]1CC2CN(C)C[C@H]2C1. The first-order valence-electron chi connectivity index (χ1n) is 11.0. The molecule has 174 valence electrons. The van der Waals surface area contributed by atoms with Crippen LogP contribution in [0.1, 0.15) is 12.8 Å². The molecule has 0 bridgehead atoms. The Labute approximate surface area is 202 Å². The van der Waals surface area contributed by atoms with Gasteiger partial charge in [0.05, 0.1) is 35.0 Å². The third-order valence-corrected chi connectivity index (χ3v) is 7.50. The highest BCUT2D eigenvalue weighted by molar-refractivity contribution is 6.42. The van der Waals surface area contributed by atoms with E-state index in [2.05, 4.69) is 27.2 Å². The van der Waals surface area contributed by atoms with Gasteiger partial charge in [0, 0.05) is 24.5 Å². The molecule has 2 aliphatic rings. The van der Waals surface area contributed by atoms with E-state index in [1.807, 2.05) is 6.07 Å². The number of aromatic nitrogens is 2. The van der Waals surface area contributed by atoms with Gasteiger partial charge in [-0.15, -0.1) is 0 Å². The van der Waals surface area contributed by atoms with Crippen LogP contribution in [0.25, 0.3) is 10.9 Å². The molecule has 3 aromatic rings. The summed E-state index contributed by atoms with van der Waals surface area (Å²) in [5, 5.41) is 3.66. The maximum atomic E-state index is 14.5. The van der Waals surface area contributed by atoms with Gasteiger partial charge in [0.1, 0.15) is 12.1 Å². The molecule has 2 heterocycles. The van der Waals surface area contributed by atoms with Gasteiger partial charge in [0.25, 0.3) is 0 Å². The fraction of sp³-hybridized carbons (Fsp3) is 0.417. The number of fused-ring (bicyclic) bond motifs is 2. The van der Waals surface area contributed by atoms with Crippen molar-refractivity contribution in [1.29, 1.82) is 0 Å². The van der Waals surface area contributed by atoms with Crippen molar-refractivity contribution in [2.24, 2.45) is 17.8 Å². The number of methoxy groups -OCH3 is 1. The van der Waals surface area contributed by atoms with Crippen LogP contribution in [0.5, 0.6) is 11.5 Å². The molecule has 1 aliphatic carbocycles. The maximum Gasteiger partial charge on any atom is 0.166 e. The molecule has 1 saturated heterocycles. The predicted molar refractivity (Wildman–Crippen MR) is 128 cm³/mol. The third-order valence-electron chi connectivity index (χ3n) is 6.71. The van der Waals surface area contributed by atoms with Crippen LogP contribution >= 0.6 is 23.2 Å². The van der Waals surface area contributed by atoms with E-state index >= 15 is 0 Å². The molecule has 0 amide bonds. The Kier molecular flexibility index (Phi) is 6.20. The number of ether oxygens (including phenoxy) is 2. The Bertz CT molecular complexity index is 1180. The van der Waals surface area contributed by atoms with Crippen molar-refractivity contribution < 1.29 is 13.9 Å². The van der Waals surface area contributed by atoms with E-state index in [0.29, 0.717) is 40.7 Å². The molecule has 1 unspecified atom stereocenters. The molecule has 3 atom stereocenters. The molecule has 2 fully saturated rings. The van der Waals surface area contributed by atoms with Crippen LogP contribution in [-0.2, 0) is 0 Å². The Balaban J connectivity index is 1.37. The second-order valence-corrected chi connectivity index (χ2v) is 9.77. The Morgan fingerprint density at radius 2 is 1.88 bits per heavy atom. The third kappa shape index (κ3) is 4.42. The molecule has 6 nitrogen and oxygen atoms in total. The van der Waals surface area contributed by atoms with Gasteiger partial charge in [-0.1, -0.05) is 23.2 Å². The second-order valence-electron chi connectivity index (χ2n) is 8.98.